The summed E-state index contributed by atoms with van der Waals surface area (Å²) in [6.45, 7) is 0. The fraction of sp³-hybridized carbons (Fsp3) is 0.444. The minimum Gasteiger partial charge on any atom is -0.355 e. The lowest BCUT2D eigenvalue weighted by molar-refractivity contribution is -0.751. The third-order valence-corrected chi connectivity index (χ3v) is 2.28. The van der Waals surface area contributed by atoms with Gasteiger partial charge in [0.15, 0.2) is 12.7 Å². The van der Waals surface area contributed by atoms with Gasteiger partial charge in [0.1, 0.15) is 5.56 Å². The Bertz CT molecular complexity index is 408. The molecule has 0 saturated carbocycles. The molecule has 2 amide bonds. The van der Waals surface area contributed by atoms with Gasteiger partial charge in [0.05, 0.1) is 7.05 Å². The average Bonchev–Trinajstić information content (AvgIpc) is 2.53. The zero-order valence-corrected chi connectivity index (χ0v) is 9.29. The monoisotopic (exact) mass is 211 g/mol. The molecule has 0 aliphatic heterocycles. The maximum Gasteiger partial charge on any atom is 0.274 e. The second kappa shape index (κ2) is 4.12. The highest BCUT2D eigenvalue weighted by molar-refractivity contribution is 6.05. The number of aryl methyl sites for hydroxylation is 1. The Labute approximate surface area is 87.9 Å². The molecule has 6 heteroatoms. The Balaban J connectivity index is 3.33. The SMILES string of the molecule is CNC(=O)c1c[n+](C)n(C)c1C(=O)NC. The van der Waals surface area contributed by atoms with Crippen LogP contribution in [0.5, 0.6) is 0 Å². The molecule has 1 aromatic heterocycles. The summed E-state index contributed by atoms with van der Waals surface area (Å²) < 4.78 is 3.29. The maximum absolute atomic E-state index is 11.6. The van der Waals surface area contributed by atoms with E-state index in [1.165, 1.54) is 14.1 Å². The first-order valence-electron chi connectivity index (χ1n) is 4.52. The van der Waals surface area contributed by atoms with Crippen LogP contribution in [0.3, 0.4) is 0 Å². The summed E-state index contributed by atoms with van der Waals surface area (Å²) in [6.07, 6.45) is 1.61. The van der Waals surface area contributed by atoms with E-state index in [1.807, 2.05) is 0 Å². The lowest BCUT2D eigenvalue weighted by Gasteiger charge is -2.00. The Morgan fingerprint density at radius 2 is 1.80 bits per heavy atom. The standard InChI is InChI=1S/C9H14N4O2/c1-10-8(14)6-5-12(3)13(4)7(6)9(15)11-2/h5H,1-4H3,(H-,10,11,14,15)/p+1. The van der Waals surface area contributed by atoms with Crippen molar-refractivity contribution in [2.75, 3.05) is 14.1 Å². The number of carbonyl (C=O) groups excluding carboxylic acids is 2. The van der Waals surface area contributed by atoms with E-state index in [1.54, 1.807) is 29.7 Å². The first-order chi connectivity index (χ1) is 7.02. The molecule has 0 spiro atoms. The number of nitrogens with zero attached hydrogens (tertiary/aromatic N) is 2. The molecule has 0 unspecified atom stereocenters. The van der Waals surface area contributed by atoms with Crippen LogP contribution in [0, 0.1) is 0 Å². The van der Waals surface area contributed by atoms with Gasteiger partial charge in [-0.25, -0.2) is 0 Å². The molecule has 0 aliphatic carbocycles. The van der Waals surface area contributed by atoms with Gasteiger partial charge < -0.3 is 10.6 Å². The average molecular weight is 211 g/mol. The summed E-state index contributed by atoms with van der Waals surface area (Å²) in [6, 6.07) is 0. The van der Waals surface area contributed by atoms with Crippen LogP contribution >= 0.6 is 0 Å². The summed E-state index contributed by atoms with van der Waals surface area (Å²) in [5.41, 5.74) is 0.709. The van der Waals surface area contributed by atoms with Crippen LogP contribution in [0.1, 0.15) is 20.8 Å². The number of nitrogens with one attached hydrogen (secondary N) is 2. The molecule has 15 heavy (non-hydrogen) atoms. The van der Waals surface area contributed by atoms with Crippen molar-refractivity contribution in [3.63, 3.8) is 0 Å². The minimum atomic E-state index is -0.281. The molecule has 0 saturated heterocycles. The van der Waals surface area contributed by atoms with E-state index in [0.717, 1.165) is 0 Å². The highest BCUT2D eigenvalue weighted by Crippen LogP contribution is 2.05. The predicted molar refractivity (Wildman–Crippen MR) is 53.4 cm³/mol. The normalized spacial score (nSPS) is 9.87. The van der Waals surface area contributed by atoms with Crippen molar-refractivity contribution in [2.45, 2.75) is 0 Å². The minimum absolute atomic E-state index is 0.273. The summed E-state index contributed by atoms with van der Waals surface area (Å²) in [5, 5.41) is 5.00. The first-order valence-corrected chi connectivity index (χ1v) is 4.52. The molecule has 0 atom stereocenters. The van der Waals surface area contributed by atoms with Gasteiger partial charge in [-0.3, -0.25) is 9.59 Å². The predicted octanol–water partition coefficient (Wildman–Crippen LogP) is -1.43. The summed E-state index contributed by atoms with van der Waals surface area (Å²) in [4.78, 5) is 23.1. The van der Waals surface area contributed by atoms with Gasteiger partial charge in [-0.15, -0.1) is 4.68 Å². The fourth-order valence-electron chi connectivity index (χ4n) is 1.36. The van der Waals surface area contributed by atoms with Crippen molar-refractivity contribution in [3.05, 3.63) is 17.5 Å². The smallest absolute Gasteiger partial charge is 0.274 e. The van der Waals surface area contributed by atoms with Crippen molar-refractivity contribution in [1.82, 2.24) is 15.3 Å². The Morgan fingerprint density at radius 1 is 1.27 bits per heavy atom. The molecular weight excluding hydrogens is 196 g/mol. The molecule has 1 rings (SSSR count). The van der Waals surface area contributed by atoms with Gasteiger partial charge in [0.25, 0.3) is 11.8 Å². The van der Waals surface area contributed by atoms with Crippen LogP contribution in [0.4, 0.5) is 0 Å². The van der Waals surface area contributed by atoms with Gasteiger partial charge in [0.2, 0.25) is 6.20 Å². The quantitative estimate of drug-likeness (QED) is 0.589. The molecule has 1 heterocycles. The van der Waals surface area contributed by atoms with Crippen LogP contribution in [0.25, 0.3) is 0 Å². The summed E-state index contributed by atoms with van der Waals surface area (Å²) >= 11 is 0. The van der Waals surface area contributed by atoms with Crippen LogP contribution in [0.2, 0.25) is 0 Å². The van der Waals surface area contributed by atoms with Crippen LogP contribution in [0.15, 0.2) is 6.20 Å². The summed E-state index contributed by atoms with van der Waals surface area (Å²) in [5.74, 6) is -0.554. The molecule has 82 valence electrons. The second-order valence-corrected chi connectivity index (χ2v) is 3.15. The fourth-order valence-corrected chi connectivity index (χ4v) is 1.36. The molecule has 2 N–H and O–H groups in total. The van der Waals surface area contributed by atoms with Crippen molar-refractivity contribution in [2.24, 2.45) is 14.1 Å². The van der Waals surface area contributed by atoms with Crippen LogP contribution in [-0.4, -0.2) is 30.6 Å². The number of hydrogen-bond donors (Lipinski definition) is 2. The van der Waals surface area contributed by atoms with Crippen LogP contribution < -0.4 is 15.3 Å². The van der Waals surface area contributed by atoms with Crippen molar-refractivity contribution in [3.8, 4) is 0 Å². The van der Waals surface area contributed by atoms with E-state index >= 15 is 0 Å². The van der Waals surface area contributed by atoms with Crippen molar-refractivity contribution in [1.29, 1.82) is 0 Å². The molecule has 0 bridgehead atoms. The molecular formula is C9H15N4O2+. The second-order valence-electron chi connectivity index (χ2n) is 3.15. The molecule has 0 aliphatic rings. The third-order valence-electron chi connectivity index (χ3n) is 2.28. The first kappa shape index (κ1) is 11.2. The van der Waals surface area contributed by atoms with E-state index in [4.69, 9.17) is 0 Å². The van der Waals surface area contributed by atoms with Gasteiger partial charge in [-0.2, -0.15) is 4.68 Å². The van der Waals surface area contributed by atoms with E-state index in [2.05, 4.69) is 10.6 Å². The number of amides is 2. The zero-order valence-electron chi connectivity index (χ0n) is 9.29. The number of carbonyl (C=O) groups is 2. The molecule has 0 aromatic carbocycles. The van der Waals surface area contributed by atoms with Crippen molar-refractivity contribution >= 4 is 11.8 Å². The molecule has 0 fully saturated rings. The number of hydrogen-bond acceptors (Lipinski definition) is 2. The van der Waals surface area contributed by atoms with Gasteiger partial charge in [0, 0.05) is 14.1 Å². The zero-order chi connectivity index (χ0) is 11.6. The lowest BCUT2D eigenvalue weighted by Crippen LogP contribution is -2.38. The van der Waals surface area contributed by atoms with E-state index in [-0.39, 0.29) is 11.8 Å². The van der Waals surface area contributed by atoms with Gasteiger partial charge >= 0.3 is 0 Å². The number of aromatic nitrogens is 2. The van der Waals surface area contributed by atoms with Crippen molar-refractivity contribution < 1.29 is 14.3 Å². The highest BCUT2D eigenvalue weighted by atomic mass is 16.2. The topological polar surface area (TPSA) is 67.0 Å². The van der Waals surface area contributed by atoms with E-state index in [0.29, 0.717) is 11.3 Å². The molecule has 1 aromatic rings. The third kappa shape index (κ3) is 1.83. The van der Waals surface area contributed by atoms with E-state index in [9.17, 15) is 9.59 Å². The molecule has 6 nitrogen and oxygen atoms in total. The summed E-state index contributed by atoms with van der Waals surface area (Å²) in [7, 11) is 6.54. The Kier molecular flexibility index (Phi) is 3.08. The van der Waals surface area contributed by atoms with Gasteiger partial charge in [-0.05, 0) is 0 Å². The van der Waals surface area contributed by atoms with E-state index < -0.39 is 0 Å². The maximum atomic E-state index is 11.6. The lowest BCUT2D eigenvalue weighted by atomic mass is 10.2. The van der Waals surface area contributed by atoms with Crippen LogP contribution in [-0.2, 0) is 14.1 Å². The largest absolute Gasteiger partial charge is 0.355 e. The molecule has 0 radical (unpaired) electrons. The highest BCUT2D eigenvalue weighted by Gasteiger charge is 2.26. The van der Waals surface area contributed by atoms with Gasteiger partial charge in [-0.1, -0.05) is 0 Å². The Morgan fingerprint density at radius 3 is 2.27 bits per heavy atom. The number of rotatable bonds is 2. The Hall–Kier alpha value is -1.85.